The SMILES string of the molecule is C=C/C(C)=N\C(/N=C(/C)CC)=C(C)C. The molecule has 0 radical (unpaired) electrons. The highest BCUT2D eigenvalue weighted by Crippen LogP contribution is 2.08. The predicted molar refractivity (Wildman–Crippen MR) is 65.1 cm³/mol. The Bertz CT molecular complexity index is 289. The van der Waals surface area contributed by atoms with E-state index in [9.17, 15) is 0 Å². The topological polar surface area (TPSA) is 24.7 Å². The Kier molecular flexibility index (Phi) is 5.77. The summed E-state index contributed by atoms with van der Waals surface area (Å²) in [6, 6.07) is 0. The summed E-state index contributed by atoms with van der Waals surface area (Å²) in [4.78, 5) is 8.82. The largest absolute Gasteiger partial charge is 0.239 e. The highest BCUT2D eigenvalue weighted by molar-refractivity contribution is 5.93. The number of nitrogens with zero attached hydrogens (tertiary/aromatic N) is 2. The van der Waals surface area contributed by atoms with Crippen molar-refractivity contribution in [3.05, 3.63) is 24.0 Å². The Labute approximate surface area is 87.2 Å². The van der Waals surface area contributed by atoms with E-state index in [1.807, 2.05) is 27.7 Å². The average molecular weight is 192 g/mol. The molecule has 0 aliphatic heterocycles. The molecule has 0 unspecified atom stereocenters. The highest BCUT2D eigenvalue weighted by atomic mass is 15.0. The van der Waals surface area contributed by atoms with Crippen molar-refractivity contribution in [1.82, 2.24) is 0 Å². The smallest absolute Gasteiger partial charge is 0.150 e. The van der Waals surface area contributed by atoms with Gasteiger partial charge in [0, 0.05) is 11.4 Å². The Morgan fingerprint density at radius 2 is 1.71 bits per heavy atom. The van der Waals surface area contributed by atoms with Gasteiger partial charge in [0.1, 0.15) is 0 Å². The van der Waals surface area contributed by atoms with Crippen molar-refractivity contribution in [2.45, 2.75) is 41.0 Å². The Hall–Kier alpha value is -1.18. The van der Waals surface area contributed by atoms with E-state index in [1.165, 1.54) is 0 Å². The summed E-state index contributed by atoms with van der Waals surface area (Å²) in [5.41, 5.74) is 3.12. The minimum absolute atomic E-state index is 0.807. The molecule has 2 nitrogen and oxygen atoms in total. The maximum Gasteiger partial charge on any atom is 0.150 e. The monoisotopic (exact) mass is 192 g/mol. The predicted octanol–water partition coefficient (Wildman–Crippen LogP) is 3.76. The second-order valence-electron chi connectivity index (χ2n) is 3.48. The number of allylic oxidation sites excluding steroid dienone is 2. The summed E-state index contributed by atoms with van der Waals surface area (Å²) >= 11 is 0. The van der Waals surface area contributed by atoms with Crippen LogP contribution in [0.1, 0.15) is 41.0 Å². The van der Waals surface area contributed by atoms with E-state index in [1.54, 1.807) is 6.08 Å². The van der Waals surface area contributed by atoms with Gasteiger partial charge in [-0.3, -0.25) is 0 Å². The van der Waals surface area contributed by atoms with Crippen LogP contribution in [0.2, 0.25) is 0 Å². The Morgan fingerprint density at radius 3 is 2.07 bits per heavy atom. The Morgan fingerprint density at radius 1 is 1.14 bits per heavy atom. The van der Waals surface area contributed by atoms with Crippen molar-refractivity contribution < 1.29 is 0 Å². The molecule has 0 aliphatic carbocycles. The van der Waals surface area contributed by atoms with Crippen molar-refractivity contribution in [3.8, 4) is 0 Å². The molecule has 0 saturated carbocycles. The molecule has 0 amide bonds. The quantitative estimate of drug-likeness (QED) is 0.606. The molecule has 0 aromatic heterocycles. The van der Waals surface area contributed by atoms with Gasteiger partial charge in [0.25, 0.3) is 0 Å². The molecule has 0 aromatic carbocycles. The molecule has 0 aliphatic rings. The van der Waals surface area contributed by atoms with Crippen molar-refractivity contribution in [3.63, 3.8) is 0 Å². The van der Waals surface area contributed by atoms with Crippen LogP contribution in [0.3, 0.4) is 0 Å². The summed E-state index contributed by atoms with van der Waals surface area (Å²) in [7, 11) is 0. The van der Waals surface area contributed by atoms with Crippen LogP contribution in [0.15, 0.2) is 34.0 Å². The van der Waals surface area contributed by atoms with Crippen LogP contribution >= 0.6 is 0 Å². The van der Waals surface area contributed by atoms with E-state index >= 15 is 0 Å². The van der Waals surface area contributed by atoms with E-state index in [4.69, 9.17) is 0 Å². The first-order valence-corrected chi connectivity index (χ1v) is 4.90. The van der Waals surface area contributed by atoms with Gasteiger partial charge in [-0.05, 0) is 45.8 Å². The maximum atomic E-state index is 4.44. The van der Waals surface area contributed by atoms with Gasteiger partial charge in [-0.25, -0.2) is 9.98 Å². The zero-order chi connectivity index (χ0) is 11.1. The van der Waals surface area contributed by atoms with Gasteiger partial charge in [0.2, 0.25) is 0 Å². The molecule has 0 saturated heterocycles. The molecule has 0 fully saturated rings. The van der Waals surface area contributed by atoms with Gasteiger partial charge < -0.3 is 0 Å². The zero-order valence-electron chi connectivity index (χ0n) is 9.89. The number of hydrogen-bond donors (Lipinski definition) is 0. The normalized spacial score (nSPS) is 12.6. The fourth-order valence-corrected chi connectivity index (χ4v) is 0.721. The fourth-order valence-electron chi connectivity index (χ4n) is 0.721. The van der Waals surface area contributed by atoms with E-state index in [0.29, 0.717) is 0 Å². The lowest BCUT2D eigenvalue weighted by atomic mass is 10.3. The summed E-state index contributed by atoms with van der Waals surface area (Å²) in [5.74, 6) is 0.807. The number of aliphatic imine (C=N–C) groups is 2. The molecular weight excluding hydrogens is 172 g/mol. The molecule has 0 spiro atoms. The van der Waals surface area contributed by atoms with Gasteiger partial charge in [0.05, 0.1) is 0 Å². The van der Waals surface area contributed by atoms with Crippen LogP contribution in [0.5, 0.6) is 0 Å². The summed E-state index contributed by atoms with van der Waals surface area (Å²) in [6.45, 7) is 13.7. The van der Waals surface area contributed by atoms with Gasteiger partial charge in [-0.15, -0.1) is 0 Å². The van der Waals surface area contributed by atoms with Crippen LogP contribution in [0.25, 0.3) is 0 Å². The number of hydrogen-bond acceptors (Lipinski definition) is 2. The first-order chi connectivity index (χ1) is 6.51. The summed E-state index contributed by atoms with van der Waals surface area (Å²) in [5, 5.41) is 0. The second kappa shape index (κ2) is 6.30. The second-order valence-corrected chi connectivity index (χ2v) is 3.48. The van der Waals surface area contributed by atoms with Crippen molar-refractivity contribution in [2.24, 2.45) is 9.98 Å². The first kappa shape index (κ1) is 12.8. The third-order valence-electron chi connectivity index (χ3n) is 1.83. The zero-order valence-corrected chi connectivity index (χ0v) is 9.89. The lowest BCUT2D eigenvalue weighted by Crippen LogP contribution is -1.92. The van der Waals surface area contributed by atoms with Crippen molar-refractivity contribution >= 4 is 11.4 Å². The van der Waals surface area contributed by atoms with E-state index in [0.717, 1.165) is 29.2 Å². The van der Waals surface area contributed by atoms with E-state index < -0.39 is 0 Å². The third-order valence-corrected chi connectivity index (χ3v) is 1.83. The molecular formula is C12H20N2. The highest BCUT2D eigenvalue weighted by Gasteiger charge is 1.96. The molecule has 0 atom stereocenters. The molecule has 0 bridgehead atoms. The first-order valence-electron chi connectivity index (χ1n) is 4.90. The van der Waals surface area contributed by atoms with Crippen LogP contribution < -0.4 is 0 Å². The molecule has 0 N–H and O–H groups in total. The standard InChI is InChI=1S/C12H20N2/c1-7-10(5)13-12(9(3)4)14-11(6)8-2/h7H,1,8H2,2-6H3/b13-10-,14-11-. The molecule has 0 aromatic rings. The Balaban J connectivity index is 5.02. The van der Waals surface area contributed by atoms with Gasteiger partial charge in [-0.1, -0.05) is 13.5 Å². The molecule has 0 rings (SSSR count). The third kappa shape index (κ3) is 4.75. The van der Waals surface area contributed by atoms with E-state index in [-0.39, 0.29) is 0 Å². The van der Waals surface area contributed by atoms with Crippen LogP contribution in [0, 0.1) is 0 Å². The molecule has 14 heavy (non-hydrogen) atoms. The van der Waals surface area contributed by atoms with Crippen molar-refractivity contribution in [1.29, 1.82) is 0 Å². The van der Waals surface area contributed by atoms with Crippen LogP contribution in [-0.4, -0.2) is 11.4 Å². The van der Waals surface area contributed by atoms with Crippen LogP contribution in [-0.2, 0) is 0 Å². The lowest BCUT2D eigenvalue weighted by Gasteiger charge is -2.01. The lowest BCUT2D eigenvalue weighted by molar-refractivity contribution is 1.12. The summed E-state index contributed by atoms with van der Waals surface area (Å²) < 4.78 is 0. The summed E-state index contributed by atoms with van der Waals surface area (Å²) in [6.07, 6.45) is 2.69. The minimum Gasteiger partial charge on any atom is -0.239 e. The van der Waals surface area contributed by atoms with Gasteiger partial charge >= 0.3 is 0 Å². The molecule has 2 heteroatoms. The molecule has 0 heterocycles. The van der Waals surface area contributed by atoms with E-state index in [2.05, 4.69) is 23.5 Å². The maximum absolute atomic E-state index is 4.44. The van der Waals surface area contributed by atoms with Gasteiger partial charge in [-0.2, -0.15) is 0 Å². The molecule has 78 valence electrons. The van der Waals surface area contributed by atoms with Gasteiger partial charge in [0.15, 0.2) is 5.82 Å². The fraction of sp³-hybridized carbons (Fsp3) is 0.500. The average Bonchev–Trinajstić information content (AvgIpc) is 2.16. The minimum atomic E-state index is 0.807. The number of rotatable bonds is 4. The van der Waals surface area contributed by atoms with Crippen molar-refractivity contribution in [2.75, 3.05) is 0 Å². The van der Waals surface area contributed by atoms with Crippen LogP contribution in [0.4, 0.5) is 0 Å².